The van der Waals surface area contributed by atoms with E-state index in [0.717, 1.165) is 17.6 Å². The first-order chi connectivity index (χ1) is 14.4. The molecule has 5 nitrogen and oxygen atoms in total. The van der Waals surface area contributed by atoms with E-state index in [1.165, 1.54) is 0 Å². The highest BCUT2D eigenvalue weighted by Crippen LogP contribution is 2.28. The number of likely N-dealkylation sites (N-methyl/N-ethyl adjacent to an activating group) is 1. The molecule has 0 aromatic carbocycles. The monoisotopic (exact) mass is 435 g/mol. The highest BCUT2D eigenvalue weighted by molar-refractivity contribution is 6.31. The summed E-state index contributed by atoms with van der Waals surface area (Å²) in [4.78, 5) is 22.7. The summed E-state index contributed by atoms with van der Waals surface area (Å²) < 4.78 is 17.5. The van der Waals surface area contributed by atoms with Gasteiger partial charge in [-0.15, -0.1) is 0 Å². The molecule has 1 unspecified atom stereocenters. The minimum absolute atomic E-state index is 0.0669. The summed E-state index contributed by atoms with van der Waals surface area (Å²) in [6.45, 7) is 9.11. The van der Waals surface area contributed by atoms with Crippen molar-refractivity contribution < 1.29 is 13.9 Å². The Morgan fingerprint density at radius 1 is 1.43 bits per heavy atom. The van der Waals surface area contributed by atoms with Crippen molar-refractivity contribution in [3.05, 3.63) is 58.4 Å². The highest BCUT2D eigenvalue weighted by atomic mass is 35.5. The molecule has 1 rings (SSSR count). The fraction of sp³-hybridized carbons (Fsp3) is 0.435. The second-order valence-electron chi connectivity index (χ2n) is 6.70. The zero-order chi connectivity index (χ0) is 22.5. The average molecular weight is 436 g/mol. The van der Waals surface area contributed by atoms with E-state index in [0.29, 0.717) is 23.6 Å². The standard InChI is InChI=1S/C23H31ClFN3O2/c1-6-8-9-18(10-12-26-4)20(22(29)7-2)16-28(5)17(3)19-14-21(24)23(27-15-19)30-13-11-25/h8-10,12,14-15,17H,4,6-7,11,13,16H2,1-3,5H3/b9-8+,12-10-,20-18-. The van der Waals surface area contributed by atoms with Crippen molar-refractivity contribution in [2.75, 3.05) is 26.9 Å². The van der Waals surface area contributed by atoms with Crippen molar-refractivity contribution in [3.63, 3.8) is 0 Å². The molecule has 0 fully saturated rings. The van der Waals surface area contributed by atoms with Crippen molar-refractivity contribution in [1.82, 2.24) is 9.88 Å². The average Bonchev–Trinajstić information content (AvgIpc) is 2.75. The molecule has 0 saturated heterocycles. The van der Waals surface area contributed by atoms with Crippen LogP contribution in [-0.2, 0) is 4.79 Å². The predicted octanol–water partition coefficient (Wildman–Crippen LogP) is 5.53. The molecule has 0 aliphatic carbocycles. The quantitative estimate of drug-likeness (QED) is 0.232. The molecule has 0 N–H and O–H groups in total. The summed E-state index contributed by atoms with van der Waals surface area (Å²) in [5, 5.41) is 0.327. The fourth-order valence-electron chi connectivity index (χ4n) is 2.74. The second kappa shape index (κ2) is 13.8. The Labute approximate surface area is 184 Å². The highest BCUT2D eigenvalue weighted by Gasteiger charge is 2.19. The summed E-state index contributed by atoms with van der Waals surface area (Å²) in [6.07, 6.45) is 10.3. The van der Waals surface area contributed by atoms with E-state index in [9.17, 15) is 9.18 Å². The Morgan fingerprint density at radius 2 is 2.17 bits per heavy atom. The lowest BCUT2D eigenvalue weighted by Gasteiger charge is -2.26. The molecule has 1 aromatic rings. The molecule has 0 aliphatic heterocycles. The Hall–Kier alpha value is -2.31. The molecule has 0 aliphatic rings. The molecule has 0 spiro atoms. The van der Waals surface area contributed by atoms with Crippen molar-refractivity contribution in [1.29, 1.82) is 0 Å². The molecular formula is C23H31ClFN3O2. The molecule has 1 atom stereocenters. The second-order valence-corrected chi connectivity index (χ2v) is 7.11. The zero-order valence-corrected chi connectivity index (χ0v) is 19.0. The van der Waals surface area contributed by atoms with Crippen molar-refractivity contribution in [3.8, 4) is 5.88 Å². The van der Waals surface area contributed by atoms with Gasteiger partial charge in [-0.25, -0.2) is 9.37 Å². The van der Waals surface area contributed by atoms with Crippen LogP contribution in [0.3, 0.4) is 0 Å². The molecule has 7 heteroatoms. The predicted molar refractivity (Wildman–Crippen MR) is 122 cm³/mol. The Balaban J connectivity index is 3.17. The van der Waals surface area contributed by atoms with Gasteiger partial charge in [-0.05, 0) is 50.4 Å². The van der Waals surface area contributed by atoms with Gasteiger partial charge < -0.3 is 4.74 Å². The first-order valence-corrected chi connectivity index (χ1v) is 10.4. The van der Waals surface area contributed by atoms with Gasteiger partial charge in [-0.3, -0.25) is 14.7 Å². The van der Waals surface area contributed by atoms with Gasteiger partial charge in [0.15, 0.2) is 5.78 Å². The van der Waals surface area contributed by atoms with Gasteiger partial charge in [0.25, 0.3) is 0 Å². The lowest BCUT2D eigenvalue weighted by atomic mass is 9.99. The van der Waals surface area contributed by atoms with Crippen LogP contribution < -0.4 is 4.74 Å². The molecule has 0 bridgehead atoms. The van der Waals surface area contributed by atoms with E-state index >= 15 is 0 Å². The first kappa shape index (κ1) is 25.7. The summed E-state index contributed by atoms with van der Waals surface area (Å²) >= 11 is 6.23. The lowest BCUT2D eigenvalue weighted by molar-refractivity contribution is -0.115. The number of pyridine rings is 1. The Bertz CT molecular complexity index is 806. The Morgan fingerprint density at radius 3 is 2.73 bits per heavy atom. The Kier molecular flexibility index (Phi) is 11.9. The maximum atomic E-state index is 12.7. The van der Waals surface area contributed by atoms with Gasteiger partial charge in [0.05, 0.1) is 0 Å². The summed E-state index contributed by atoms with van der Waals surface area (Å²) in [5.41, 5.74) is 2.40. The van der Waals surface area contributed by atoms with Crippen molar-refractivity contribution in [2.45, 2.75) is 39.7 Å². The normalized spacial score (nSPS) is 13.7. The first-order valence-electron chi connectivity index (χ1n) is 9.99. The fourth-order valence-corrected chi connectivity index (χ4v) is 2.97. The van der Waals surface area contributed by atoms with Gasteiger partial charge in [-0.2, -0.15) is 0 Å². The van der Waals surface area contributed by atoms with Crippen LogP contribution in [0.25, 0.3) is 0 Å². The van der Waals surface area contributed by atoms with Crippen LogP contribution in [0, 0.1) is 0 Å². The van der Waals surface area contributed by atoms with E-state index in [2.05, 4.69) is 16.7 Å². The summed E-state index contributed by atoms with van der Waals surface area (Å²) in [7, 11) is 1.94. The maximum Gasteiger partial charge on any atom is 0.232 e. The largest absolute Gasteiger partial charge is 0.474 e. The van der Waals surface area contributed by atoms with Crippen LogP contribution >= 0.6 is 11.6 Å². The van der Waals surface area contributed by atoms with E-state index in [-0.39, 0.29) is 24.3 Å². The number of halogens is 2. The molecule has 164 valence electrons. The number of aromatic nitrogens is 1. The number of ketones is 1. The number of alkyl halides is 1. The van der Waals surface area contributed by atoms with Gasteiger partial charge in [0, 0.05) is 37.0 Å². The number of aliphatic imine (C=N–C) groups is 1. The topological polar surface area (TPSA) is 54.8 Å². The zero-order valence-electron chi connectivity index (χ0n) is 18.2. The molecule has 0 radical (unpaired) electrons. The number of hydrogen-bond acceptors (Lipinski definition) is 5. The molecule has 30 heavy (non-hydrogen) atoms. The van der Waals surface area contributed by atoms with E-state index < -0.39 is 6.67 Å². The number of rotatable bonds is 13. The molecule has 0 amide bonds. The summed E-state index contributed by atoms with van der Waals surface area (Å²) in [6, 6.07) is 1.69. The minimum atomic E-state index is -0.607. The number of carbonyl (C=O) groups excluding carboxylic acids is 1. The van der Waals surface area contributed by atoms with Gasteiger partial charge >= 0.3 is 0 Å². The van der Waals surface area contributed by atoms with Crippen LogP contribution in [0.1, 0.15) is 45.2 Å². The van der Waals surface area contributed by atoms with Crippen LogP contribution in [0.15, 0.2) is 52.8 Å². The number of Topliss-reactive ketones (excluding diaryl/α,β-unsaturated/α-hetero) is 1. The minimum Gasteiger partial charge on any atom is -0.474 e. The smallest absolute Gasteiger partial charge is 0.232 e. The maximum absolute atomic E-state index is 12.7. The number of carbonyl (C=O) groups is 1. The number of allylic oxidation sites excluding steroid dienone is 4. The van der Waals surface area contributed by atoms with E-state index in [4.69, 9.17) is 16.3 Å². The van der Waals surface area contributed by atoms with E-state index in [1.54, 1.807) is 24.5 Å². The lowest BCUT2D eigenvalue weighted by Crippen LogP contribution is -2.28. The van der Waals surface area contributed by atoms with E-state index in [1.807, 2.05) is 44.9 Å². The van der Waals surface area contributed by atoms with Crippen LogP contribution in [-0.4, -0.2) is 49.3 Å². The third-order valence-corrected chi connectivity index (χ3v) is 4.87. The molecular weight excluding hydrogens is 405 g/mol. The number of hydrogen-bond donors (Lipinski definition) is 0. The summed E-state index contributed by atoms with van der Waals surface area (Å²) in [5.74, 6) is 0.286. The molecule has 0 saturated carbocycles. The molecule has 1 heterocycles. The SMILES string of the molecule is C=N\C=C/C(/C=C/CC)=C(/CN(C)C(C)c1cnc(OCCF)c(Cl)c1)C(=O)CC. The number of ether oxygens (including phenoxy) is 1. The van der Waals surface area contributed by atoms with Crippen LogP contribution in [0.5, 0.6) is 5.88 Å². The molecule has 1 aromatic heterocycles. The number of nitrogens with zero attached hydrogens (tertiary/aromatic N) is 3. The van der Waals surface area contributed by atoms with Crippen molar-refractivity contribution >= 4 is 24.1 Å². The van der Waals surface area contributed by atoms with Gasteiger partial charge in [-0.1, -0.05) is 37.6 Å². The van der Waals surface area contributed by atoms with Crippen LogP contribution in [0.2, 0.25) is 5.02 Å². The van der Waals surface area contributed by atoms with Crippen molar-refractivity contribution in [2.24, 2.45) is 4.99 Å². The van der Waals surface area contributed by atoms with Crippen LogP contribution in [0.4, 0.5) is 4.39 Å². The third kappa shape index (κ3) is 7.84. The van der Waals surface area contributed by atoms with Gasteiger partial charge in [0.1, 0.15) is 18.3 Å². The third-order valence-electron chi connectivity index (χ3n) is 4.59. The van der Waals surface area contributed by atoms with Gasteiger partial charge in [0.2, 0.25) is 5.88 Å².